The molecule has 1 heterocycles. The van der Waals surface area contributed by atoms with E-state index in [9.17, 15) is 0 Å². The molecule has 1 saturated carbocycles. The Bertz CT molecular complexity index is 371. The van der Waals surface area contributed by atoms with Crippen molar-refractivity contribution >= 4 is 5.69 Å². The first-order valence-electron chi connectivity index (χ1n) is 5.88. The average Bonchev–Trinajstić information content (AvgIpc) is 2.36. The minimum Gasteiger partial charge on any atom is -0.481 e. The summed E-state index contributed by atoms with van der Waals surface area (Å²) in [5, 5.41) is 3.37. The largest absolute Gasteiger partial charge is 0.481 e. The van der Waals surface area contributed by atoms with E-state index in [1.54, 1.807) is 13.3 Å². The highest BCUT2D eigenvalue weighted by Gasteiger charge is 2.39. The Balaban J connectivity index is 1.99. The Hall–Kier alpha value is -1.33. The fourth-order valence-corrected chi connectivity index (χ4v) is 2.03. The van der Waals surface area contributed by atoms with Crippen LogP contribution in [0.15, 0.2) is 18.3 Å². The van der Waals surface area contributed by atoms with Crippen molar-refractivity contribution in [2.24, 2.45) is 5.73 Å². The van der Waals surface area contributed by atoms with Crippen LogP contribution in [0.25, 0.3) is 0 Å². The van der Waals surface area contributed by atoms with Crippen molar-refractivity contribution in [1.82, 2.24) is 4.98 Å². The zero-order valence-corrected chi connectivity index (χ0v) is 10.2. The van der Waals surface area contributed by atoms with Gasteiger partial charge in [-0.05, 0) is 19.4 Å². The van der Waals surface area contributed by atoms with Crippen molar-refractivity contribution in [3.63, 3.8) is 0 Å². The molecule has 0 amide bonds. The second-order valence-corrected chi connectivity index (χ2v) is 4.15. The third-order valence-corrected chi connectivity index (χ3v) is 3.02. The number of ether oxygens (including phenoxy) is 2. The Morgan fingerprint density at radius 3 is 3.06 bits per heavy atom. The van der Waals surface area contributed by atoms with Crippen molar-refractivity contribution in [3.8, 4) is 5.88 Å². The molecule has 2 rings (SSSR count). The molecule has 0 aromatic carbocycles. The Morgan fingerprint density at radius 1 is 1.59 bits per heavy atom. The Kier molecular flexibility index (Phi) is 3.81. The molecule has 94 valence electrons. The van der Waals surface area contributed by atoms with Crippen LogP contribution in [0, 0.1) is 0 Å². The average molecular weight is 237 g/mol. The van der Waals surface area contributed by atoms with Gasteiger partial charge in [-0.3, -0.25) is 0 Å². The van der Waals surface area contributed by atoms with Crippen molar-refractivity contribution in [3.05, 3.63) is 18.3 Å². The lowest BCUT2D eigenvalue weighted by Crippen LogP contribution is -2.60. The number of hydrogen-bond donors (Lipinski definition) is 2. The van der Waals surface area contributed by atoms with Gasteiger partial charge in [-0.2, -0.15) is 0 Å². The van der Waals surface area contributed by atoms with Crippen LogP contribution in [-0.4, -0.2) is 36.9 Å². The zero-order valence-electron chi connectivity index (χ0n) is 10.2. The number of hydrogen-bond acceptors (Lipinski definition) is 5. The third-order valence-electron chi connectivity index (χ3n) is 3.02. The lowest BCUT2D eigenvalue weighted by molar-refractivity contribution is -0.0126. The van der Waals surface area contributed by atoms with Crippen LogP contribution in [0.1, 0.15) is 13.3 Å². The van der Waals surface area contributed by atoms with Gasteiger partial charge in [-0.25, -0.2) is 4.98 Å². The minimum atomic E-state index is 0.144. The summed E-state index contributed by atoms with van der Waals surface area (Å²) in [6, 6.07) is 4.07. The van der Waals surface area contributed by atoms with Gasteiger partial charge in [0.2, 0.25) is 5.88 Å². The van der Waals surface area contributed by atoms with Gasteiger partial charge in [0.1, 0.15) is 0 Å². The van der Waals surface area contributed by atoms with Gasteiger partial charge in [-0.15, -0.1) is 0 Å². The maximum atomic E-state index is 5.97. The summed E-state index contributed by atoms with van der Waals surface area (Å²) < 4.78 is 10.7. The maximum Gasteiger partial charge on any atom is 0.214 e. The smallest absolute Gasteiger partial charge is 0.214 e. The first-order chi connectivity index (χ1) is 8.24. The molecule has 1 aliphatic rings. The Morgan fingerprint density at radius 2 is 2.41 bits per heavy atom. The molecule has 1 aromatic rings. The highest BCUT2D eigenvalue weighted by Crippen LogP contribution is 2.27. The van der Waals surface area contributed by atoms with Gasteiger partial charge >= 0.3 is 0 Å². The fourth-order valence-electron chi connectivity index (χ4n) is 2.03. The van der Waals surface area contributed by atoms with Crippen LogP contribution in [-0.2, 0) is 4.74 Å². The van der Waals surface area contributed by atoms with Gasteiger partial charge in [-0.1, -0.05) is 0 Å². The van der Waals surface area contributed by atoms with Crippen LogP contribution in [0.4, 0.5) is 5.69 Å². The first-order valence-corrected chi connectivity index (χ1v) is 5.88. The topological polar surface area (TPSA) is 69.4 Å². The summed E-state index contributed by atoms with van der Waals surface area (Å²) in [5.41, 5.74) is 6.93. The molecule has 3 unspecified atom stereocenters. The van der Waals surface area contributed by atoms with Crippen LogP contribution in [0.5, 0.6) is 5.88 Å². The molecular formula is C12H19N3O2. The van der Waals surface area contributed by atoms with Gasteiger partial charge in [0.05, 0.1) is 19.3 Å². The second kappa shape index (κ2) is 5.33. The minimum absolute atomic E-state index is 0.144. The lowest BCUT2D eigenvalue weighted by atomic mass is 9.83. The number of methoxy groups -OCH3 is 1. The summed E-state index contributed by atoms with van der Waals surface area (Å²) >= 11 is 0. The van der Waals surface area contributed by atoms with Crippen molar-refractivity contribution < 1.29 is 9.47 Å². The number of pyridine rings is 1. The van der Waals surface area contributed by atoms with E-state index in [1.165, 1.54) is 0 Å². The molecular weight excluding hydrogens is 218 g/mol. The van der Waals surface area contributed by atoms with E-state index in [4.69, 9.17) is 15.2 Å². The molecule has 3 N–H and O–H groups in total. The molecule has 0 radical (unpaired) electrons. The van der Waals surface area contributed by atoms with E-state index in [-0.39, 0.29) is 18.2 Å². The van der Waals surface area contributed by atoms with E-state index < -0.39 is 0 Å². The van der Waals surface area contributed by atoms with Crippen LogP contribution in [0.2, 0.25) is 0 Å². The highest BCUT2D eigenvalue weighted by molar-refractivity contribution is 5.47. The zero-order chi connectivity index (χ0) is 12.3. The molecule has 0 saturated heterocycles. The number of rotatable bonds is 5. The van der Waals surface area contributed by atoms with E-state index in [0.29, 0.717) is 5.88 Å². The fraction of sp³-hybridized carbons (Fsp3) is 0.583. The van der Waals surface area contributed by atoms with Crippen molar-refractivity contribution in [1.29, 1.82) is 0 Å². The standard InChI is InChI=1S/C12H19N3O2/c1-3-17-10-7-9(13)12(10)15-8-4-5-14-11(6-8)16-2/h4-6,9-10,12H,3,7,13H2,1-2H3,(H,14,15). The highest BCUT2D eigenvalue weighted by atomic mass is 16.5. The molecule has 0 bridgehead atoms. The lowest BCUT2D eigenvalue weighted by Gasteiger charge is -2.43. The predicted octanol–water partition coefficient (Wildman–Crippen LogP) is 1.01. The maximum absolute atomic E-state index is 5.97. The molecule has 17 heavy (non-hydrogen) atoms. The summed E-state index contributed by atoms with van der Waals surface area (Å²) in [5.74, 6) is 0.593. The Labute approximate surface area is 101 Å². The second-order valence-electron chi connectivity index (χ2n) is 4.15. The SMILES string of the molecule is CCOC1CC(N)C1Nc1ccnc(OC)c1. The number of nitrogens with two attached hydrogens (primary N) is 1. The molecule has 0 spiro atoms. The predicted molar refractivity (Wildman–Crippen MR) is 66.2 cm³/mol. The number of aromatic nitrogens is 1. The van der Waals surface area contributed by atoms with Crippen LogP contribution >= 0.6 is 0 Å². The van der Waals surface area contributed by atoms with Crippen LogP contribution in [0.3, 0.4) is 0 Å². The molecule has 1 aliphatic carbocycles. The number of nitrogens with zero attached hydrogens (tertiary/aromatic N) is 1. The van der Waals surface area contributed by atoms with E-state index in [2.05, 4.69) is 10.3 Å². The van der Waals surface area contributed by atoms with Gasteiger partial charge < -0.3 is 20.5 Å². The van der Waals surface area contributed by atoms with Gasteiger partial charge in [0, 0.05) is 30.6 Å². The molecule has 3 atom stereocenters. The summed E-state index contributed by atoms with van der Waals surface area (Å²) in [4.78, 5) is 4.06. The van der Waals surface area contributed by atoms with Crippen LogP contribution < -0.4 is 15.8 Å². The van der Waals surface area contributed by atoms with Gasteiger partial charge in [0.25, 0.3) is 0 Å². The van der Waals surface area contributed by atoms with Gasteiger partial charge in [0.15, 0.2) is 0 Å². The monoisotopic (exact) mass is 237 g/mol. The molecule has 1 fully saturated rings. The van der Waals surface area contributed by atoms with E-state index >= 15 is 0 Å². The molecule has 0 aliphatic heterocycles. The normalized spacial score (nSPS) is 27.4. The number of nitrogens with one attached hydrogen (secondary N) is 1. The summed E-state index contributed by atoms with van der Waals surface area (Å²) in [7, 11) is 1.60. The first kappa shape index (κ1) is 12.1. The quantitative estimate of drug-likeness (QED) is 0.799. The summed E-state index contributed by atoms with van der Waals surface area (Å²) in [6.45, 7) is 2.71. The molecule has 5 heteroatoms. The van der Waals surface area contributed by atoms with Crippen molar-refractivity contribution in [2.75, 3.05) is 19.0 Å². The number of anilines is 1. The summed E-state index contributed by atoms with van der Waals surface area (Å²) in [6.07, 6.45) is 2.82. The molecule has 1 aromatic heterocycles. The van der Waals surface area contributed by atoms with E-state index in [1.807, 2.05) is 19.1 Å². The van der Waals surface area contributed by atoms with Crippen molar-refractivity contribution in [2.45, 2.75) is 31.5 Å². The molecule has 5 nitrogen and oxygen atoms in total. The van der Waals surface area contributed by atoms with E-state index in [0.717, 1.165) is 18.7 Å². The third kappa shape index (κ3) is 2.68.